The third-order valence-electron chi connectivity index (χ3n) is 4.55. The number of fused-ring (bicyclic) bond motifs is 1. The molecular weight excluding hydrogens is 382 g/mol. The smallest absolute Gasteiger partial charge is 0.387 e. The lowest BCUT2D eigenvalue weighted by molar-refractivity contribution is -0.0504. The topological polar surface area (TPSA) is 48.9 Å². The van der Waals surface area contributed by atoms with Crippen LogP contribution < -0.4 is 15.4 Å². The van der Waals surface area contributed by atoms with Crippen LogP contribution >= 0.6 is 11.3 Å². The van der Waals surface area contributed by atoms with Crippen LogP contribution in [0, 0.1) is 0 Å². The molecule has 28 heavy (non-hydrogen) atoms. The third kappa shape index (κ3) is 5.90. The molecule has 0 saturated carbocycles. The number of nitrogens with zero attached hydrogens (tertiary/aromatic N) is 2. The summed E-state index contributed by atoms with van der Waals surface area (Å²) in [5.74, 6) is 0.833. The van der Waals surface area contributed by atoms with Gasteiger partial charge in [-0.2, -0.15) is 8.78 Å². The SMILES string of the molecule is CCNC(=NCc1ccccc1OC(F)F)NCCN1CCc2sccc2C1. The molecule has 0 unspecified atom stereocenters. The first kappa shape index (κ1) is 20.5. The summed E-state index contributed by atoms with van der Waals surface area (Å²) >= 11 is 1.84. The van der Waals surface area contributed by atoms with Gasteiger partial charge in [-0.25, -0.2) is 4.99 Å². The fraction of sp³-hybridized carbons (Fsp3) is 0.450. The third-order valence-corrected chi connectivity index (χ3v) is 5.57. The molecule has 3 rings (SSSR count). The van der Waals surface area contributed by atoms with Gasteiger partial charge in [-0.1, -0.05) is 18.2 Å². The average Bonchev–Trinajstić information content (AvgIpc) is 3.14. The van der Waals surface area contributed by atoms with Gasteiger partial charge >= 0.3 is 6.61 Å². The van der Waals surface area contributed by atoms with Crippen LogP contribution in [0.4, 0.5) is 8.78 Å². The molecule has 0 radical (unpaired) electrons. The molecule has 8 heteroatoms. The summed E-state index contributed by atoms with van der Waals surface area (Å²) in [5.41, 5.74) is 2.06. The van der Waals surface area contributed by atoms with Crippen LogP contribution in [0.3, 0.4) is 0 Å². The van der Waals surface area contributed by atoms with Crippen molar-refractivity contribution in [2.75, 3.05) is 26.2 Å². The lowest BCUT2D eigenvalue weighted by atomic mass is 10.1. The minimum atomic E-state index is -2.84. The number of aliphatic imine (C=N–C) groups is 1. The predicted molar refractivity (Wildman–Crippen MR) is 109 cm³/mol. The first-order chi connectivity index (χ1) is 13.7. The Kier molecular flexibility index (Phi) is 7.62. The minimum absolute atomic E-state index is 0.164. The van der Waals surface area contributed by atoms with Crippen LogP contribution in [0.25, 0.3) is 0 Å². The molecule has 1 aromatic heterocycles. The number of hydrogen-bond donors (Lipinski definition) is 2. The number of hydrogen-bond acceptors (Lipinski definition) is 4. The zero-order valence-electron chi connectivity index (χ0n) is 16.0. The lowest BCUT2D eigenvalue weighted by Crippen LogP contribution is -2.42. The van der Waals surface area contributed by atoms with E-state index in [2.05, 4.69) is 36.7 Å². The molecule has 0 atom stereocenters. The standard InChI is InChI=1S/C20H26F2N4OS/c1-2-23-20(25-13-15-5-3-4-6-17(15)27-19(21)22)24-9-11-26-10-7-18-16(14-26)8-12-28-18/h3-6,8,12,19H,2,7,9-11,13-14H2,1H3,(H2,23,24,25). The molecule has 2 N–H and O–H groups in total. The molecule has 1 aliphatic rings. The molecule has 1 aromatic carbocycles. The van der Waals surface area contributed by atoms with Crippen molar-refractivity contribution in [1.29, 1.82) is 0 Å². The van der Waals surface area contributed by atoms with Gasteiger partial charge in [-0.05, 0) is 36.4 Å². The van der Waals surface area contributed by atoms with E-state index in [4.69, 9.17) is 0 Å². The molecule has 0 spiro atoms. The van der Waals surface area contributed by atoms with E-state index in [1.165, 1.54) is 16.5 Å². The molecule has 2 aromatic rings. The summed E-state index contributed by atoms with van der Waals surface area (Å²) < 4.78 is 29.7. The predicted octanol–water partition coefficient (Wildman–Crippen LogP) is 3.46. The van der Waals surface area contributed by atoms with Gasteiger partial charge in [0.25, 0.3) is 0 Å². The number of rotatable bonds is 8. The Bertz CT molecular complexity index is 781. The largest absolute Gasteiger partial charge is 0.434 e. The van der Waals surface area contributed by atoms with Gasteiger partial charge in [0.1, 0.15) is 5.75 Å². The maximum Gasteiger partial charge on any atom is 0.387 e. The van der Waals surface area contributed by atoms with E-state index in [1.807, 2.05) is 18.3 Å². The second kappa shape index (κ2) is 10.4. The molecule has 0 fully saturated rings. The molecule has 5 nitrogen and oxygen atoms in total. The quantitative estimate of drug-likeness (QED) is 0.519. The van der Waals surface area contributed by atoms with E-state index >= 15 is 0 Å². The van der Waals surface area contributed by atoms with E-state index < -0.39 is 6.61 Å². The second-order valence-corrected chi connectivity index (χ2v) is 7.50. The summed E-state index contributed by atoms with van der Waals surface area (Å²) in [6, 6.07) is 8.96. The Morgan fingerprint density at radius 2 is 2.14 bits per heavy atom. The molecule has 0 aliphatic carbocycles. The van der Waals surface area contributed by atoms with Crippen LogP contribution in [-0.4, -0.2) is 43.6 Å². The van der Waals surface area contributed by atoms with Gasteiger partial charge in [0.15, 0.2) is 5.96 Å². The summed E-state index contributed by atoms with van der Waals surface area (Å²) in [6.45, 7) is 3.89. The van der Waals surface area contributed by atoms with E-state index in [0.717, 1.165) is 39.1 Å². The Labute approximate surface area is 168 Å². The molecule has 2 heterocycles. The number of para-hydroxylation sites is 1. The van der Waals surface area contributed by atoms with Gasteiger partial charge in [0.2, 0.25) is 0 Å². The number of benzene rings is 1. The molecule has 152 valence electrons. The van der Waals surface area contributed by atoms with Crippen LogP contribution in [0.15, 0.2) is 40.7 Å². The molecule has 0 amide bonds. The van der Waals surface area contributed by atoms with Crippen molar-refractivity contribution >= 4 is 17.3 Å². The van der Waals surface area contributed by atoms with Gasteiger partial charge in [-0.3, -0.25) is 4.90 Å². The summed E-state index contributed by atoms with van der Waals surface area (Å²) in [7, 11) is 0. The van der Waals surface area contributed by atoms with Gasteiger partial charge in [-0.15, -0.1) is 11.3 Å². The average molecular weight is 409 g/mol. The fourth-order valence-electron chi connectivity index (χ4n) is 3.18. The Morgan fingerprint density at radius 3 is 2.96 bits per heavy atom. The van der Waals surface area contributed by atoms with Crippen molar-refractivity contribution in [3.05, 3.63) is 51.7 Å². The highest BCUT2D eigenvalue weighted by Gasteiger charge is 2.16. The van der Waals surface area contributed by atoms with E-state index in [0.29, 0.717) is 11.5 Å². The highest BCUT2D eigenvalue weighted by atomic mass is 32.1. The van der Waals surface area contributed by atoms with Crippen molar-refractivity contribution < 1.29 is 13.5 Å². The zero-order valence-corrected chi connectivity index (χ0v) is 16.8. The van der Waals surface area contributed by atoms with Crippen molar-refractivity contribution in [3.63, 3.8) is 0 Å². The molecule has 1 aliphatic heterocycles. The van der Waals surface area contributed by atoms with E-state index in [-0.39, 0.29) is 12.3 Å². The highest BCUT2D eigenvalue weighted by Crippen LogP contribution is 2.23. The first-order valence-corrected chi connectivity index (χ1v) is 10.4. The van der Waals surface area contributed by atoms with Crippen molar-refractivity contribution in [1.82, 2.24) is 15.5 Å². The normalized spacial score (nSPS) is 14.8. The summed E-state index contributed by atoms with van der Waals surface area (Å²) in [5, 5.41) is 8.69. The maximum absolute atomic E-state index is 12.5. The second-order valence-electron chi connectivity index (χ2n) is 6.50. The van der Waals surface area contributed by atoms with Crippen LogP contribution in [0.2, 0.25) is 0 Å². The van der Waals surface area contributed by atoms with Crippen LogP contribution in [0.5, 0.6) is 5.75 Å². The van der Waals surface area contributed by atoms with Crippen molar-refractivity contribution in [2.45, 2.75) is 33.0 Å². The first-order valence-electron chi connectivity index (χ1n) is 9.48. The van der Waals surface area contributed by atoms with E-state index in [9.17, 15) is 8.78 Å². The van der Waals surface area contributed by atoms with Gasteiger partial charge in [0, 0.05) is 43.2 Å². The molecular formula is C20H26F2N4OS. The lowest BCUT2D eigenvalue weighted by Gasteiger charge is -2.27. The summed E-state index contributed by atoms with van der Waals surface area (Å²) in [4.78, 5) is 8.45. The number of alkyl halides is 2. The fourth-order valence-corrected chi connectivity index (χ4v) is 4.07. The Hall–Kier alpha value is -2.19. The van der Waals surface area contributed by atoms with Crippen molar-refractivity contribution in [2.24, 2.45) is 4.99 Å². The number of ether oxygens (including phenoxy) is 1. The highest BCUT2D eigenvalue weighted by molar-refractivity contribution is 7.10. The van der Waals surface area contributed by atoms with Crippen LogP contribution in [-0.2, 0) is 19.5 Å². The Balaban J connectivity index is 1.52. The number of nitrogens with one attached hydrogen (secondary N) is 2. The maximum atomic E-state index is 12.5. The number of thiophene rings is 1. The Morgan fingerprint density at radius 1 is 1.29 bits per heavy atom. The number of guanidine groups is 1. The zero-order chi connectivity index (χ0) is 19.8. The molecule has 0 saturated heterocycles. The summed E-state index contributed by atoms with van der Waals surface area (Å²) in [6.07, 6.45) is 1.11. The molecule has 0 bridgehead atoms. The monoisotopic (exact) mass is 408 g/mol. The van der Waals surface area contributed by atoms with Crippen molar-refractivity contribution in [3.8, 4) is 5.75 Å². The van der Waals surface area contributed by atoms with Gasteiger partial charge in [0.05, 0.1) is 6.54 Å². The van der Waals surface area contributed by atoms with E-state index in [1.54, 1.807) is 18.2 Å². The number of halogens is 2. The minimum Gasteiger partial charge on any atom is -0.434 e. The van der Waals surface area contributed by atoms with Crippen LogP contribution in [0.1, 0.15) is 22.9 Å². The van der Waals surface area contributed by atoms with Gasteiger partial charge < -0.3 is 15.4 Å².